The molecule has 1 fully saturated rings. The summed E-state index contributed by atoms with van der Waals surface area (Å²) in [7, 11) is 0. The molecule has 1 aliphatic heterocycles. The van der Waals surface area contributed by atoms with E-state index in [1.807, 2.05) is 18.2 Å². The number of amides is 2. The highest BCUT2D eigenvalue weighted by Gasteiger charge is 2.24. The van der Waals surface area contributed by atoms with Gasteiger partial charge in [-0.1, -0.05) is 12.1 Å². The zero-order valence-electron chi connectivity index (χ0n) is 10.9. The van der Waals surface area contributed by atoms with Crippen molar-refractivity contribution >= 4 is 29.0 Å². The van der Waals surface area contributed by atoms with Crippen LogP contribution in [-0.2, 0) is 11.4 Å². The first-order chi connectivity index (χ1) is 10.2. The molecule has 1 aromatic carbocycles. The van der Waals surface area contributed by atoms with Crippen molar-refractivity contribution in [3.8, 4) is 5.75 Å². The highest BCUT2D eigenvalue weighted by atomic mass is 32.2. The van der Waals surface area contributed by atoms with E-state index in [1.165, 1.54) is 0 Å². The molecule has 0 spiro atoms. The molecule has 21 heavy (non-hydrogen) atoms. The van der Waals surface area contributed by atoms with Crippen molar-refractivity contribution in [1.82, 2.24) is 5.32 Å². The van der Waals surface area contributed by atoms with Gasteiger partial charge in [0.25, 0.3) is 11.1 Å². The van der Waals surface area contributed by atoms with Gasteiger partial charge in [-0.25, -0.2) is 0 Å². The van der Waals surface area contributed by atoms with Crippen LogP contribution in [0.25, 0.3) is 6.08 Å². The van der Waals surface area contributed by atoms with Gasteiger partial charge >= 0.3 is 0 Å². The number of ether oxygens (including phenoxy) is 1. The zero-order valence-corrected chi connectivity index (χ0v) is 11.7. The second-order valence-corrected chi connectivity index (χ2v) is 5.30. The minimum absolute atomic E-state index is 0.343. The molecule has 0 saturated carbocycles. The standard InChI is InChI=1S/C15H11NO4S/c17-14-13(21-15(18)16-14)8-10-3-5-11(6-4-10)20-9-12-2-1-7-19-12/h1-8H,9H2,(H,16,17,18)/b13-8+. The van der Waals surface area contributed by atoms with Crippen molar-refractivity contribution in [2.24, 2.45) is 0 Å². The molecule has 0 aliphatic carbocycles. The molecule has 1 saturated heterocycles. The maximum absolute atomic E-state index is 11.4. The Morgan fingerprint density at radius 2 is 2.00 bits per heavy atom. The topological polar surface area (TPSA) is 68.5 Å². The van der Waals surface area contributed by atoms with Crippen LogP contribution in [0.2, 0.25) is 0 Å². The number of furan rings is 1. The van der Waals surface area contributed by atoms with Crippen LogP contribution in [0.4, 0.5) is 4.79 Å². The lowest BCUT2D eigenvalue weighted by molar-refractivity contribution is -0.115. The van der Waals surface area contributed by atoms with Crippen molar-refractivity contribution in [3.05, 3.63) is 58.9 Å². The van der Waals surface area contributed by atoms with Gasteiger partial charge in [-0.3, -0.25) is 14.9 Å². The van der Waals surface area contributed by atoms with Gasteiger partial charge < -0.3 is 9.15 Å². The fraction of sp³-hybridized carbons (Fsp3) is 0.0667. The zero-order chi connectivity index (χ0) is 14.7. The summed E-state index contributed by atoms with van der Waals surface area (Å²) >= 11 is 0.899. The minimum Gasteiger partial charge on any atom is -0.486 e. The van der Waals surface area contributed by atoms with Crippen molar-refractivity contribution in [3.63, 3.8) is 0 Å². The van der Waals surface area contributed by atoms with Crippen LogP contribution in [0, 0.1) is 0 Å². The summed E-state index contributed by atoms with van der Waals surface area (Å²) < 4.78 is 10.7. The van der Waals surface area contributed by atoms with Gasteiger partial charge in [-0.05, 0) is 47.7 Å². The lowest BCUT2D eigenvalue weighted by atomic mass is 10.2. The molecule has 0 unspecified atom stereocenters. The van der Waals surface area contributed by atoms with Gasteiger partial charge in [0, 0.05) is 0 Å². The summed E-state index contributed by atoms with van der Waals surface area (Å²) in [6.07, 6.45) is 3.26. The molecule has 106 valence electrons. The highest BCUT2D eigenvalue weighted by Crippen LogP contribution is 2.26. The Morgan fingerprint density at radius 1 is 1.19 bits per heavy atom. The predicted molar refractivity (Wildman–Crippen MR) is 78.6 cm³/mol. The van der Waals surface area contributed by atoms with Crippen LogP contribution < -0.4 is 10.1 Å². The van der Waals surface area contributed by atoms with Crippen LogP contribution in [0.15, 0.2) is 52.0 Å². The van der Waals surface area contributed by atoms with E-state index in [0.717, 1.165) is 23.1 Å². The van der Waals surface area contributed by atoms with Crippen LogP contribution in [0.5, 0.6) is 5.75 Å². The third-order valence-electron chi connectivity index (χ3n) is 2.78. The third kappa shape index (κ3) is 3.35. The van der Waals surface area contributed by atoms with E-state index in [2.05, 4.69) is 5.32 Å². The van der Waals surface area contributed by atoms with E-state index in [1.54, 1.807) is 30.5 Å². The van der Waals surface area contributed by atoms with Crippen molar-refractivity contribution in [2.75, 3.05) is 0 Å². The van der Waals surface area contributed by atoms with Crippen molar-refractivity contribution in [2.45, 2.75) is 6.61 Å². The first kappa shape index (κ1) is 13.5. The Hall–Kier alpha value is -2.47. The van der Waals surface area contributed by atoms with Gasteiger partial charge in [0.15, 0.2) is 0 Å². The first-order valence-corrected chi connectivity index (χ1v) is 7.02. The summed E-state index contributed by atoms with van der Waals surface area (Å²) in [6, 6.07) is 10.9. The van der Waals surface area contributed by atoms with E-state index >= 15 is 0 Å². The number of imide groups is 1. The average molecular weight is 301 g/mol. The Labute approximate surface area is 125 Å². The van der Waals surface area contributed by atoms with Crippen LogP contribution in [-0.4, -0.2) is 11.1 Å². The molecule has 0 atom stereocenters. The lowest BCUT2D eigenvalue weighted by Gasteiger charge is -2.04. The number of benzene rings is 1. The molecule has 0 radical (unpaired) electrons. The van der Waals surface area contributed by atoms with E-state index in [0.29, 0.717) is 17.3 Å². The molecule has 1 aromatic heterocycles. The minimum atomic E-state index is -0.358. The SMILES string of the molecule is O=C1NC(=O)/C(=C\c2ccc(OCc3ccco3)cc2)S1. The van der Waals surface area contributed by atoms with Crippen LogP contribution >= 0.6 is 11.8 Å². The van der Waals surface area contributed by atoms with Crippen molar-refractivity contribution < 1.29 is 18.7 Å². The van der Waals surface area contributed by atoms with Gasteiger partial charge in [0.1, 0.15) is 18.1 Å². The molecular weight excluding hydrogens is 290 g/mol. The van der Waals surface area contributed by atoms with E-state index in [-0.39, 0.29) is 11.1 Å². The second kappa shape index (κ2) is 5.88. The molecule has 6 heteroatoms. The van der Waals surface area contributed by atoms with Crippen LogP contribution in [0.1, 0.15) is 11.3 Å². The summed E-state index contributed by atoms with van der Waals surface area (Å²) in [6.45, 7) is 0.361. The number of rotatable bonds is 4. The molecule has 3 rings (SSSR count). The summed E-state index contributed by atoms with van der Waals surface area (Å²) in [5, 5.41) is 1.87. The van der Waals surface area contributed by atoms with Gasteiger partial charge in [0.2, 0.25) is 0 Å². The van der Waals surface area contributed by atoms with Crippen molar-refractivity contribution in [1.29, 1.82) is 0 Å². The summed E-state index contributed by atoms with van der Waals surface area (Å²) in [4.78, 5) is 22.9. The highest BCUT2D eigenvalue weighted by molar-refractivity contribution is 8.18. The van der Waals surface area contributed by atoms with Gasteiger partial charge in [-0.15, -0.1) is 0 Å². The Bertz CT molecular complexity index is 689. The number of carbonyl (C=O) groups excluding carboxylic acids is 2. The smallest absolute Gasteiger partial charge is 0.290 e. The summed E-state index contributed by atoms with van der Waals surface area (Å²) in [5.74, 6) is 1.09. The maximum atomic E-state index is 11.4. The molecule has 2 aromatic rings. The fourth-order valence-electron chi connectivity index (χ4n) is 1.78. The van der Waals surface area contributed by atoms with E-state index in [4.69, 9.17) is 9.15 Å². The second-order valence-electron chi connectivity index (χ2n) is 4.29. The third-order valence-corrected chi connectivity index (χ3v) is 3.59. The Morgan fingerprint density at radius 3 is 2.62 bits per heavy atom. The summed E-state index contributed by atoms with van der Waals surface area (Å²) in [5.41, 5.74) is 0.827. The van der Waals surface area contributed by atoms with Gasteiger partial charge in [-0.2, -0.15) is 0 Å². The number of hydrogen-bond acceptors (Lipinski definition) is 5. The Kier molecular flexibility index (Phi) is 3.79. The number of nitrogens with one attached hydrogen (secondary N) is 1. The van der Waals surface area contributed by atoms with Gasteiger partial charge in [0.05, 0.1) is 11.2 Å². The number of carbonyl (C=O) groups is 2. The fourth-order valence-corrected chi connectivity index (χ4v) is 2.46. The lowest BCUT2D eigenvalue weighted by Crippen LogP contribution is -2.17. The number of hydrogen-bond donors (Lipinski definition) is 1. The monoisotopic (exact) mass is 301 g/mol. The molecule has 2 amide bonds. The normalized spacial score (nSPS) is 16.3. The van der Waals surface area contributed by atoms with E-state index < -0.39 is 0 Å². The Balaban J connectivity index is 1.65. The first-order valence-electron chi connectivity index (χ1n) is 6.21. The maximum Gasteiger partial charge on any atom is 0.290 e. The quantitative estimate of drug-likeness (QED) is 0.878. The molecule has 1 aliphatic rings. The average Bonchev–Trinajstić information content (AvgIpc) is 3.08. The van der Waals surface area contributed by atoms with E-state index in [9.17, 15) is 9.59 Å². The van der Waals surface area contributed by atoms with Crippen LogP contribution in [0.3, 0.4) is 0 Å². The molecular formula is C15H11NO4S. The predicted octanol–water partition coefficient (Wildman–Crippen LogP) is 3.18. The molecule has 1 N–H and O–H groups in total. The number of thioether (sulfide) groups is 1. The molecule has 5 nitrogen and oxygen atoms in total. The molecule has 2 heterocycles. The largest absolute Gasteiger partial charge is 0.486 e. The molecule has 0 bridgehead atoms.